The van der Waals surface area contributed by atoms with Gasteiger partial charge in [-0.2, -0.15) is 0 Å². The van der Waals surface area contributed by atoms with Gasteiger partial charge in [-0.15, -0.1) is 0 Å². The summed E-state index contributed by atoms with van der Waals surface area (Å²) in [6.07, 6.45) is 2.48. The molecule has 0 unspecified atom stereocenters. The molecule has 1 aliphatic rings. The van der Waals surface area contributed by atoms with E-state index in [9.17, 15) is 4.79 Å². The second-order valence-electron chi connectivity index (χ2n) is 5.68. The summed E-state index contributed by atoms with van der Waals surface area (Å²) in [7, 11) is 0. The Labute approximate surface area is 139 Å². The van der Waals surface area contributed by atoms with E-state index in [2.05, 4.69) is 22.1 Å². The molecule has 0 saturated carbocycles. The minimum atomic E-state index is 0.0305. The summed E-state index contributed by atoms with van der Waals surface area (Å²) in [6, 6.07) is 11.2. The molecule has 3 aromatic rings. The molecule has 0 aliphatic carbocycles. The van der Waals surface area contributed by atoms with Crippen molar-refractivity contribution in [1.29, 1.82) is 0 Å². The Morgan fingerprint density at radius 2 is 2.08 bits per heavy atom. The summed E-state index contributed by atoms with van der Waals surface area (Å²) in [5.74, 6) is 6.96. The molecule has 0 spiro atoms. The van der Waals surface area contributed by atoms with Crippen LogP contribution in [0.3, 0.4) is 0 Å². The van der Waals surface area contributed by atoms with Gasteiger partial charge in [0, 0.05) is 37.8 Å². The summed E-state index contributed by atoms with van der Waals surface area (Å²) >= 11 is 0. The standard InChI is InChI=1S/C19H16N4O/c24-19-16-7-5-14(4-6-15-3-1-2-9-21-15)13-17(16)22-18-8-10-20-11-12-23(18)19/h1-3,5,7,9,13,20H,8,10-12H2. The highest BCUT2D eigenvalue weighted by atomic mass is 16.1. The predicted molar refractivity (Wildman–Crippen MR) is 92.8 cm³/mol. The lowest BCUT2D eigenvalue weighted by atomic mass is 10.1. The Bertz CT molecular complexity index is 1010. The van der Waals surface area contributed by atoms with E-state index in [-0.39, 0.29) is 5.56 Å². The molecule has 118 valence electrons. The summed E-state index contributed by atoms with van der Waals surface area (Å²) in [6.45, 7) is 2.31. The number of fused-ring (bicyclic) bond motifs is 2. The average Bonchev–Trinajstić information content (AvgIpc) is 2.86. The highest BCUT2D eigenvalue weighted by molar-refractivity contribution is 5.79. The number of hydrogen-bond acceptors (Lipinski definition) is 4. The summed E-state index contributed by atoms with van der Waals surface area (Å²) in [4.78, 5) is 21.5. The molecule has 0 atom stereocenters. The van der Waals surface area contributed by atoms with Crippen molar-refractivity contribution in [3.63, 3.8) is 0 Å². The van der Waals surface area contributed by atoms with E-state index in [1.165, 1.54) is 0 Å². The van der Waals surface area contributed by atoms with E-state index in [1.807, 2.05) is 36.4 Å². The first-order chi connectivity index (χ1) is 11.8. The molecule has 0 fully saturated rings. The molecular formula is C19H16N4O. The molecule has 0 saturated heterocycles. The van der Waals surface area contributed by atoms with E-state index in [0.717, 1.165) is 36.6 Å². The molecular weight excluding hydrogens is 300 g/mol. The third kappa shape index (κ3) is 2.80. The van der Waals surface area contributed by atoms with Crippen LogP contribution < -0.4 is 10.9 Å². The van der Waals surface area contributed by atoms with Crippen LogP contribution in [0.5, 0.6) is 0 Å². The number of nitrogens with zero attached hydrogens (tertiary/aromatic N) is 3. The maximum Gasteiger partial charge on any atom is 0.261 e. The maximum atomic E-state index is 12.7. The van der Waals surface area contributed by atoms with Crippen molar-refractivity contribution in [2.24, 2.45) is 0 Å². The molecule has 0 bridgehead atoms. The fraction of sp³-hybridized carbons (Fsp3) is 0.211. The van der Waals surface area contributed by atoms with Crippen LogP contribution in [-0.4, -0.2) is 27.6 Å². The Morgan fingerprint density at radius 1 is 1.12 bits per heavy atom. The quantitative estimate of drug-likeness (QED) is 0.636. The first-order valence-corrected chi connectivity index (χ1v) is 7.98. The van der Waals surface area contributed by atoms with Crippen molar-refractivity contribution >= 4 is 10.9 Å². The Morgan fingerprint density at radius 3 is 2.96 bits per heavy atom. The van der Waals surface area contributed by atoms with E-state index in [1.54, 1.807) is 10.8 Å². The number of nitrogens with one attached hydrogen (secondary N) is 1. The van der Waals surface area contributed by atoms with Gasteiger partial charge in [0.15, 0.2) is 0 Å². The first-order valence-electron chi connectivity index (χ1n) is 7.98. The second-order valence-corrected chi connectivity index (χ2v) is 5.68. The molecule has 1 N–H and O–H groups in total. The van der Waals surface area contributed by atoms with Gasteiger partial charge in [0.2, 0.25) is 0 Å². The highest BCUT2D eigenvalue weighted by Gasteiger charge is 2.13. The van der Waals surface area contributed by atoms with Crippen LogP contribution in [0.25, 0.3) is 10.9 Å². The monoisotopic (exact) mass is 316 g/mol. The van der Waals surface area contributed by atoms with Gasteiger partial charge in [-0.3, -0.25) is 9.36 Å². The molecule has 3 heterocycles. The van der Waals surface area contributed by atoms with Gasteiger partial charge in [0.25, 0.3) is 5.56 Å². The van der Waals surface area contributed by atoms with E-state index in [4.69, 9.17) is 4.98 Å². The van der Waals surface area contributed by atoms with Crippen LogP contribution >= 0.6 is 0 Å². The lowest BCUT2D eigenvalue weighted by molar-refractivity contribution is 0.627. The van der Waals surface area contributed by atoms with Crippen LogP contribution in [0, 0.1) is 11.8 Å². The molecule has 0 radical (unpaired) electrons. The van der Waals surface area contributed by atoms with Crippen molar-refractivity contribution in [1.82, 2.24) is 19.9 Å². The Hall–Kier alpha value is -2.97. The van der Waals surface area contributed by atoms with Gasteiger partial charge in [-0.25, -0.2) is 9.97 Å². The van der Waals surface area contributed by atoms with E-state index >= 15 is 0 Å². The van der Waals surface area contributed by atoms with Crippen molar-refractivity contribution in [3.05, 3.63) is 70.0 Å². The normalized spacial score (nSPS) is 13.7. The van der Waals surface area contributed by atoms with Gasteiger partial charge in [-0.1, -0.05) is 12.0 Å². The topological polar surface area (TPSA) is 59.8 Å². The molecule has 4 rings (SSSR count). The summed E-state index contributed by atoms with van der Waals surface area (Å²) in [5.41, 5.74) is 2.29. The summed E-state index contributed by atoms with van der Waals surface area (Å²) in [5, 5.41) is 3.94. The maximum absolute atomic E-state index is 12.7. The molecule has 1 aliphatic heterocycles. The van der Waals surface area contributed by atoms with Gasteiger partial charge >= 0.3 is 0 Å². The first kappa shape index (κ1) is 14.6. The predicted octanol–water partition coefficient (Wildman–Crippen LogP) is 1.34. The Balaban J connectivity index is 1.79. The third-order valence-electron chi connectivity index (χ3n) is 4.07. The lowest BCUT2D eigenvalue weighted by Crippen LogP contribution is -2.26. The zero-order valence-electron chi connectivity index (χ0n) is 13.1. The fourth-order valence-electron chi connectivity index (χ4n) is 2.86. The lowest BCUT2D eigenvalue weighted by Gasteiger charge is -2.09. The largest absolute Gasteiger partial charge is 0.315 e. The van der Waals surface area contributed by atoms with Crippen molar-refractivity contribution in [2.45, 2.75) is 13.0 Å². The minimum absolute atomic E-state index is 0.0305. The zero-order valence-corrected chi connectivity index (χ0v) is 13.1. The molecule has 0 amide bonds. The number of hydrogen-bond donors (Lipinski definition) is 1. The van der Waals surface area contributed by atoms with Gasteiger partial charge in [0.05, 0.1) is 10.9 Å². The molecule has 2 aromatic heterocycles. The van der Waals surface area contributed by atoms with Crippen LogP contribution in [0.2, 0.25) is 0 Å². The molecule has 1 aromatic carbocycles. The second kappa shape index (κ2) is 6.26. The number of rotatable bonds is 0. The van der Waals surface area contributed by atoms with E-state index < -0.39 is 0 Å². The van der Waals surface area contributed by atoms with Gasteiger partial charge < -0.3 is 5.32 Å². The van der Waals surface area contributed by atoms with Gasteiger partial charge in [-0.05, 0) is 36.3 Å². The van der Waals surface area contributed by atoms with Crippen molar-refractivity contribution in [3.8, 4) is 11.8 Å². The van der Waals surface area contributed by atoms with Crippen LogP contribution in [0.15, 0.2) is 47.4 Å². The molecule has 24 heavy (non-hydrogen) atoms. The smallest absolute Gasteiger partial charge is 0.261 e. The molecule has 5 nitrogen and oxygen atoms in total. The average molecular weight is 316 g/mol. The van der Waals surface area contributed by atoms with Crippen molar-refractivity contribution in [2.75, 3.05) is 13.1 Å². The zero-order chi connectivity index (χ0) is 16.4. The van der Waals surface area contributed by atoms with Crippen LogP contribution in [0.4, 0.5) is 0 Å². The third-order valence-corrected chi connectivity index (χ3v) is 4.07. The molecule has 5 heteroatoms. The fourth-order valence-corrected chi connectivity index (χ4v) is 2.86. The minimum Gasteiger partial charge on any atom is -0.315 e. The van der Waals surface area contributed by atoms with Crippen LogP contribution in [0.1, 0.15) is 17.1 Å². The van der Waals surface area contributed by atoms with Crippen molar-refractivity contribution < 1.29 is 0 Å². The highest BCUT2D eigenvalue weighted by Crippen LogP contribution is 2.12. The summed E-state index contributed by atoms with van der Waals surface area (Å²) < 4.78 is 1.78. The Kier molecular flexibility index (Phi) is 3.81. The SMILES string of the molecule is O=c1c2ccc(C#Cc3ccccn3)cc2nc2n1CCNCC2. The number of aromatic nitrogens is 3. The van der Waals surface area contributed by atoms with Crippen LogP contribution in [-0.2, 0) is 13.0 Å². The van der Waals surface area contributed by atoms with Gasteiger partial charge in [0.1, 0.15) is 11.5 Å². The number of pyridine rings is 1. The van der Waals surface area contributed by atoms with E-state index in [0.29, 0.717) is 17.4 Å². The number of benzene rings is 1.